The molecule has 0 saturated carbocycles. The molecule has 0 bridgehead atoms. The Balaban J connectivity index is 1.99. The van der Waals surface area contributed by atoms with E-state index in [2.05, 4.69) is 48.6 Å². The van der Waals surface area contributed by atoms with Gasteiger partial charge in [0.15, 0.2) is 0 Å². The van der Waals surface area contributed by atoms with Crippen molar-refractivity contribution in [2.45, 2.75) is 34.1 Å². The molecular weight excluding hydrogens is 268 g/mol. The van der Waals surface area contributed by atoms with Gasteiger partial charge in [0.1, 0.15) is 10.6 Å². The molecule has 1 saturated heterocycles. The lowest BCUT2D eigenvalue weighted by Gasteiger charge is -2.27. The maximum atomic E-state index is 5.88. The molecule has 1 fully saturated rings. The van der Waals surface area contributed by atoms with Gasteiger partial charge in [-0.05, 0) is 30.7 Å². The average Bonchev–Trinajstić information content (AvgIpc) is 2.92. The number of thiophene rings is 1. The van der Waals surface area contributed by atoms with Gasteiger partial charge in [0.25, 0.3) is 0 Å². The maximum absolute atomic E-state index is 5.88. The first kappa shape index (κ1) is 13.6. The van der Waals surface area contributed by atoms with E-state index in [0.29, 0.717) is 17.3 Å². The number of anilines is 2. The number of nitrogens with two attached hydrogens (primary N) is 1. The monoisotopic (exact) mass is 290 g/mol. The number of nitrogens with zero attached hydrogens (tertiary/aromatic N) is 3. The molecule has 1 aliphatic rings. The Morgan fingerprint density at radius 3 is 2.75 bits per heavy atom. The predicted octanol–water partition coefficient (Wildman–Crippen LogP) is 3.45. The molecule has 3 heterocycles. The van der Waals surface area contributed by atoms with Gasteiger partial charge in [0.2, 0.25) is 5.95 Å². The SMILES string of the molecule is Cc1cc2c(N3CCC(C(C)(C)C)C3)nc(N)nc2s1. The van der Waals surface area contributed by atoms with E-state index >= 15 is 0 Å². The third-order valence-corrected chi connectivity index (χ3v) is 5.17. The summed E-state index contributed by atoms with van der Waals surface area (Å²) < 4.78 is 0. The number of hydrogen-bond acceptors (Lipinski definition) is 5. The van der Waals surface area contributed by atoms with E-state index in [9.17, 15) is 0 Å². The molecular formula is C15H22N4S. The number of aromatic nitrogens is 2. The van der Waals surface area contributed by atoms with Crippen molar-refractivity contribution < 1.29 is 0 Å². The van der Waals surface area contributed by atoms with E-state index in [1.165, 1.54) is 11.3 Å². The van der Waals surface area contributed by atoms with Crippen LogP contribution in [0.3, 0.4) is 0 Å². The predicted molar refractivity (Wildman–Crippen MR) is 86.3 cm³/mol. The minimum absolute atomic E-state index is 0.344. The third kappa shape index (κ3) is 2.35. The lowest BCUT2D eigenvalue weighted by atomic mass is 9.80. The van der Waals surface area contributed by atoms with Crippen LogP contribution in [0.25, 0.3) is 10.2 Å². The first-order chi connectivity index (χ1) is 9.34. The minimum Gasteiger partial charge on any atom is -0.368 e. The van der Waals surface area contributed by atoms with Crippen molar-refractivity contribution in [2.24, 2.45) is 11.3 Å². The van der Waals surface area contributed by atoms with Crippen LogP contribution >= 0.6 is 11.3 Å². The van der Waals surface area contributed by atoms with Crippen molar-refractivity contribution in [1.82, 2.24) is 9.97 Å². The molecule has 0 aliphatic carbocycles. The fourth-order valence-electron chi connectivity index (χ4n) is 2.94. The Morgan fingerprint density at radius 1 is 1.35 bits per heavy atom. The number of hydrogen-bond donors (Lipinski definition) is 1. The van der Waals surface area contributed by atoms with Crippen LogP contribution in [0, 0.1) is 18.3 Å². The normalized spacial score (nSPS) is 20.0. The summed E-state index contributed by atoms with van der Waals surface area (Å²) in [6.45, 7) is 11.2. The van der Waals surface area contributed by atoms with E-state index in [-0.39, 0.29) is 0 Å². The highest BCUT2D eigenvalue weighted by Crippen LogP contribution is 2.38. The Bertz CT molecular complexity index is 641. The highest BCUT2D eigenvalue weighted by atomic mass is 32.1. The van der Waals surface area contributed by atoms with Gasteiger partial charge in [0, 0.05) is 18.0 Å². The highest BCUT2D eigenvalue weighted by Gasteiger charge is 2.33. The zero-order valence-corrected chi connectivity index (χ0v) is 13.4. The molecule has 1 atom stereocenters. The molecule has 0 aromatic carbocycles. The molecule has 0 amide bonds. The van der Waals surface area contributed by atoms with Gasteiger partial charge in [-0.2, -0.15) is 4.98 Å². The Hall–Kier alpha value is -1.36. The molecule has 0 spiro atoms. The summed E-state index contributed by atoms with van der Waals surface area (Å²) in [5.74, 6) is 2.10. The average molecular weight is 290 g/mol. The highest BCUT2D eigenvalue weighted by molar-refractivity contribution is 7.18. The molecule has 1 unspecified atom stereocenters. The first-order valence-electron chi connectivity index (χ1n) is 7.13. The lowest BCUT2D eigenvalue weighted by Crippen LogP contribution is -2.26. The largest absolute Gasteiger partial charge is 0.368 e. The summed E-state index contributed by atoms with van der Waals surface area (Å²) in [4.78, 5) is 13.5. The zero-order valence-electron chi connectivity index (χ0n) is 12.6. The summed E-state index contributed by atoms with van der Waals surface area (Å²) >= 11 is 1.69. The molecule has 20 heavy (non-hydrogen) atoms. The Kier molecular flexibility index (Phi) is 3.12. The summed E-state index contributed by atoms with van der Waals surface area (Å²) in [5.41, 5.74) is 6.22. The number of aryl methyl sites for hydroxylation is 1. The van der Waals surface area contributed by atoms with E-state index in [1.54, 1.807) is 11.3 Å². The summed E-state index contributed by atoms with van der Waals surface area (Å²) in [6.07, 6.45) is 1.22. The molecule has 2 aromatic heterocycles. The molecule has 4 nitrogen and oxygen atoms in total. The number of nitrogen functional groups attached to an aromatic ring is 1. The van der Waals surface area contributed by atoms with Crippen molar-refractivity contribution in [3.05, 3.63) is 10.9 Å². The van der Waals surface area contributed by atoms with Gasteiger partial charge in [-0.1, -0.05) is 20.8 Å². The van der Waals surface area contributed by atoms with Gasteiger partial charge in [-0.15, -0.1) is 11.3 Å². The van der Waals surface area contributed by atoms with Crippen molar-refractivity contribution in [3.8, 4) is 0 Å². The molecule has 1 aliphatic heterocycles. The van der Waals surface area contributed by atoms with Crippen LogP contribution in [0.1, 0.15) is 32.1 Å². The minimum atomic E-state index is 0.344. The standard InChI is InChI=1S/C15H22N4S/c1-9-7-11-12(17-14(16)18-13(11)20-9)19-6-5-10(8-19)15(2,3)4/h7,10H,5-6,8H2,1-4H3,(H2,16,17,18). The van der Waals surface area contributed by atoms with E-state index in [4.69, 9.17) is 5.73 Å². The quantitative estimate of drug-likeness (QED) is 0.874. The molecule has 2 N–H and O–H groups in total. The summed E-state index contributed by atoms with van der Waals surface area (Å²) in [5, 5.41) is 1.15. The zero-order chi connectivity index (χ0) is 14.5. The van der Waals surface area contributed by atoms with Gasteiger partial charge < -0.3 is 10.6 Å². The van der Waals surface area contributed by atoms with Gasteiger partial charge in [-0.25, -0.2) is 4.98 Å². The first-order valence-corrected chi connectivity index (χ1v) is 7.95. The number of rotatable bonds is 1. The maximum Gasteiger partial charge on any atom is 0.223 e. The van der Waals surface area contributed by atoms with Crippen LogP contribution in [-0.2, 0) is 0 Å². The van der Waals surface area contributed by atoms with Crippen molar-refractivity contribution >= 4 is 33.3 Å². The van der Waals surface area contributed by atoms with Crippen molar-refractivity contribution in [2.75, 3.05) is 23.7 Å². The van der Waals surface area contributed by atoms with Crippen LogP contribution in [-0.4, -0.2) is 23.1 Å². The molecule has 5 heteroatoms. The van der Waals surface area contributed by atoms with Gasteiger partial charge in [-0.3, -0.25) is 0 Å². The van der Waals surface area contributed by atoms with Crippen LogP contribution in [0.4, 0.5) is 11.8 Å². The number of fused-ring (bicyclic) bond motifs is 1. The Morgan fingerprint density at radius 2 is 2.10 bits per heavy atom. The molecule has 108 valence electrons. The Labute approximate surface area is 124 Å². The van der Waals surface area contributed by atoms with Gasteiger partial charge >= 0.3 is 0 Å². The topological polar surface area (TPSA) is 55.0 Å². The van der Waals surface area contributed by atoms with Crippen molar-refractivity contribution in [1.29, 1.82) is 0 Å². The van der Waals surface area contributed by atoms with Crippen molar-refractivity contribution in [3.63, 3.8) is 0 Å². The smallest absolute Gasteiger partial charge is 0.223 e. The second kappa shape index (κ2) is 4.58. The third-order valence-electron chi connectivity index (χ3n) is 4.23. The molecule has 2 aromatic rings. The van der Waals surface area contributed by atoms with Gasteiger partial charge in [0.05, 0.1) is 5.39 Å². The van der Waals surface area contributed by atoms with Crippen LogP contribution < -0.4 is 10.6 Å². The summed E-state index contributed by atoms with van der Waals surface area (Å²) in [7, 11) is 0. The van der Waals surface area contributed by atoms with E-state index in [0.717, 1.165) is 29.1 Å². The van der Waals surface area contributed by atoms with Crippen LogP contribution in [0.2, 0.25) is 0 Å². The van der Waals surface area contributed by atoms with E-state index in [1.807, 2.05) is 0 Å². The second-order valence-corrected chi connectivity index (χ2v) is 8.01. The lowest BCUT2D eigenvalue weighted by molar-refractivity contribution is 0.263. The van der Waals surface area contributed by atoms with Crippen LogP contribution in [0.5, 0.6) is 0 Å². The summed E-state index contributed by atoms with van der Waals surface area (Å²) in [6, 6.07) is 2.18. The van der Waals surface area contributed by atoms with Crippen LogP contribution in [0.15, 0.2) is 6.07 Å². The molecule has 3 rings (SSSR count). The fraction of sp³-hybridized carbons (Fsp3) is 0.600. The van der Waals surface area contributed by atoms with E-state index < -0.39 is 0 Å². The fourth-order valence-corrected chi connectivity index (χ4v) is 3.82. The molecule has 0 radical (unpaired) electrons. The second-order valence-electron chi connectivity index (χ2n) is 6.78.